The van der Waals surface area contributed by atoms with Gasteiger partial charge in [0.25, 0.3) is 0 Å². The third kappa shape index (κ3) is 1.53. The van der Waals surface area contributed by atoms with Crippen LogP contribution >= 0.6 is 0 Å². The van der Waals surface area contributed by atoms with Gasteiger partial charge in [-0.15, -0.1) is 0 Å². The van der Waals surface area contributed by atoms with E-state index in [0.717, 1.165) is 6.26 Å². The summed E-state index contributed by atoms with van der Waals surface area (Å²) < 4.78 is 21.1. The highest BCUT2D eigenvalue weighted by Gasteiger charge is 2.53. The number of hydrogen-bond acceptors (Lipinski definition) is 3. The normalized spacial score (nSPS) is 21.2. The fourth-order valence-electron chi connectivity index (χ4n) is 1.09. The summed E-state index contributed by atoms with van der Waals surface area (Å²) in [5, 5.41) is 8.39. The summed E-state index contributed by atoms with van der Waals surface area (Å²) >= 11 is 0. The Bertz CT molecular complexity index is 273. The molecule has 1 aliphatic rings. The summed E-state index contributed by atoms with van der Waals surface area (Å²) in [6.07, 6.45) is 1.85. The van der Waals surface area contributed by atoms with Crippen molar-refractivity contribution in [3.63, 3.8) is 0 Å². The van der Waals surface area contributed by atoms with Crippen molar-refractivity contribution in [2.75, 3.05) is 6.26 Å². The van der Waals surface area contributed by atoms with Gasteiger partial charge in [0.15, 0.2) is 9.84 Å². The molecule has 1 fully saturated rings. The largest absolute Gasteiger partial charge is 0.481 e. The summed E-state index contributed by atoms with van der Waals surface area (Å²) in [5.41, 5.74) is 0. The highest BCUT2D eigenvalue weighted by atomic mass is 32.2. The molecule has 0 atom stereocenters. The molecule has 0 aromatic heterocycles. The average molecular weight is 178 g/mol. The number of carboxylic acids is 1. The summed E-state index contributed by atoms with van der Waals surface area (Å²) in [4.78, 5) is 10.2. The lowest BCUT2D eigenvalue weighted by atomic mass is 10.3. The first-order valence-corrected chi connectivity index (χ1v) is 5.18. The second-order valence-corrected chi connectivity index (χ2v) is 5.44. The van der Waals surface area contributed by atoms with Gasteiger partial charge < -0.3 is 5.11 Å². The summed E-state index contributed by atoms with van der Waals surface area (Å²) in [7, 11) is -3.17. The number of aliphatic carboxylic acids is 1. The van der Waals surface area contributed by atoms with Crippen LogP contribution in [0.4, 0.5) is 0 Å². The Morgan fingerprint density at radius 2 is 2.00 bits per heavy atom. The number of sulfone groups is 1. The summed E-state index contributed by atoms with van der Waals surface area (Å²) in [6.45, 7) is 0. The van der Waals surface area contributed by atoms with E-state index in [2.05, 4.69) is 0 Å². The van der Waals surface area contributed by atoms with Crippen LogP contribution in [0.3, 0.4) is 0 Å². The van der Waals surface area contributed by atoms with Gasteiger partial charge in [0.05, 0.1) is 11.2 Å². The second kappa shape index (κ2) is 2.20. The molecule has 0 unspecified atom stereocenters. The average Bonchev–Trinajstić information content (AvgIpc) is 2.42. The number of carbonyl (C=O) groups is 1. The van der Waals surface area contributed by atoms with E-state index in [0.29, 0.717) is 12.8 Å². The van der Waals surface area contributed by atoms with Crippen LogP contribution in [-0.4, -0.2) is 30.5 Å². The lowest BCUT2D eigenvalue weighted by molar-refractivity contribution is -0.137. The quantitative estimate of drug-likeness (QED) is 0.662. The molecule has 0 aromatic carbocycles. The maximum atomic E-state index is 11.0. The predicted molar refractivity (Wildman–Crippen MR) is 39.1 cm³/mol. The minimum Gasteiger partial charge on any atom is -0.481 e. The molecular weight excluding hydrogens is 168 g/mol. The zero-order valence-corrected chi connectivity index (χ0v) is 7.02. The molecule has 0 bridgehead atoms. The maximum Gasteiger partial charge on any atom is 0.304 e. The van der Waals surface area contributed by atoms with Crippen molar-refractivity contribution in [3.05, 3.63) is 0 Å². The van der Waals surface area contributed by atoms with Crippen LogP contribution in [0.15, 0.2) is 0 Å². The Kier molecular flexibility index (Phi) is 1.70. The van der Waals surface area contributed by atoms with Crippen molar-refractivity contribution in [2.24, 2.45) is 0 Å². The lowest BCUT2D eigenvalue weighted by Gasteiger charge is -2.08. The molecule has 1 N–H and O–H groups in total. The molecule has 0 heterocycles. The van der Waals surface area contributed by atoms with Gasteiger partial charge >= 0.3 is 5.97 Å². The van der Waals surface area contributed by atoms with E-state index in [1.807, 2.05) is 0 Å². The van der Waals surface area contributed by atoms with Gasteiger partial charge in [-0.1, -0.05) is 0 Å². The van der Waals surface area contributed by atoms with E-state index in [1.54, 1.807) is 0 Å². The van der Waals surface area contributed by atoms with E-state index >= 15 is 0 Å². The number of carboxylic acid groups (broad SMARTS) is 1. The van der Waals surface area contributed by atoms with Gasteiger partial charge in [0.1, 0.15) is 0 Å². The minimum absolute atomic E-state index is 0.244. The van der Waals surface area contributed by atoms with Crippen LogP contribution in [-0.2, 0) is 14.6 Å². The van der Waals surface area contributed by atoms with Crippen molar-refractivity contribution in [1.29, 1.82) is 0 Å². The Morgan fingerprint density at radius 1 is 1.55 bits per heavy atom. The monoisotopic (exact) mass is 178 g/mol. The van der Waals surface area contributed by atoms with Crippen molar-refractivity contribution >= 4 is 15.8 Å². The molecule has 0 amide bonds. The highest BCUT2D eigenvalue weighted by molar-refractivity contribution is 7.92. The molecular formula is C6H10O4S. The fourth-order valence-corrected chi connectivity index (χ4v) is 2.32. The molecule has 0 saturated heterocycles. The SMILES string of the molecule is CS(=O)(=O)C1(CC(=O)O)CC1. The first-order chi connectivity index (χ1) is 4.87. The molecule has 1 saturated carbocycles. The highest BCUT2D eigenvalue weighted by Crippen LogP contribution is 2.45. The van der Waals surface area contributed by atoms with Crippen molar-refractivity contribution < 1.29 is 18.3 Å². The van der Waals surface area contributed by atoms with Gasteiger partial charge in [-0.3, -0.25) is 4.79 Å². The third-order valence-corrected chi connectivity index (χ3v) is 4.19. The van der Waals surface area contributed by atoms with Gasteiger partial charge in [0, 0.05) is 6.26 Å². The van der Waals surface area contributed by atoms with Crippen LogP contribution in [0.2, 0.25) is 0 Å². The Hall–Kier alpha value is -0.580. The summed E-state index contributed by atoms with van der Waals surface area (Å²) in [6, 6.07) is 0. The van der Waals surface area contributed by atoms with Crippen molar-refractivity contribution in [3.8, 4) is 0 Å². The van der Waals surface area contributed by atoms with Crippen molar-refractivity contribution in [1.82, 2.24) is 0 Å². The topological polar surface area (TPSA) is 71.4 Å². The van der Waals surface area contributed by atoms with Crippen LogP contribution in [0.25, 0.3) is 0 Å². The maximum absolute atomic E-state index is 11.0. The van der Waals surface area contributed by atoms with Gasteiger partial charge in [-0.2, -0.15) is 0 Å². The molecule has 5 heteroatoms. The van der Waals surface area contributed by atoms with E-state index in [1.165, 1.54) is 0 Å². The third-order valence-electron chi connectivity index (χ3n) is 2.07. The number of rotatable bonds is 3. The smallest absolute Gasteiger partial charge is 0.304 e. The molecule has 0 aliphatic heterocycles. The van der Waals surface area contributed by atoms with E-state index < -0.39 is 20.6 Å². The molecule has 1 aliphatic carbocycles. The predicted octanol–water partition coefficient (Wildman–Crippen LogP) is 0.0383. The van der Waals surface area contributed by atoms with Crippen LogP contribution in [0, 0.1) is 0 Å². The first-order valence-electron chi connectivity index (χ1n) is 3.29. The molecule has 0 aromatic rings. The molecule has 64 valence electrons. The standard InChI is InChI=1S/C6H10O4S/c1-11(9,10)6(2-3-6)4-5(7)8/h2-4H2,1H3,(H,7,8). The van der Waals surface area contributed by atoms with E-state index in [4.69, 9.17) is 5.11 Å². The van der Waals surface area contributed by atoms with Crippen LogP contribution in [0.1, 0.15) is 19.3 Å². The Labute approximate surface area is 65.1 Å². The van der Waals surface area contributed by atoms with Crippen LogP contribution in [0.5, 0.6) is 0 Å². The van der Waals surface area contributed by atoms with Gasteiger partial charge in [-0.05, 0) is 12.8 Å². The molecule has 4 nitrogen and oxygen atoms in total. The summed E-state index contributed by atoms with van der Waals surface area (Å²) in [5.74, 6) is -1.03. The molecule has 11 heavy (non-hydrogen) atoms. The van der Waals surface area contributed by atoms with Crippen LogP contribution < -0.4 is 0 Å². The molecule has 0 radical (unpaired) electrons. The second-order valence-electron chi connectivity index (χ2n) is 3.03. The van der Waals surface area contributed by atoms with Gasteiger partial charge in [-0.25, -0.2) is 8.42 Å². The Morgan fingerprint density at radius 3 is 2.09 bits per heavy atom. The van der Waals surface area contributed by atoms with E-state index in [9.17, 15) is 13.2 Å². The zero-order chi connectivity index (χ0) is 8.70. The fraction of sp³-hybridized carbons (Fsp3) is 0.833. The first kappa shape index (κ1) is 8.52. The number of hydrogen-bond donors (Lipinski definition) is 1. The zero-order valence-electron chi connectivity index (χ0n) is 6.20. The van der Waals surface area contributed by atoms with Gasteiger partial charge in [0.2, 0.25) is 0 Å². The Balaban J connectivity index is 2.78. The lowest BCUT2D eigenvalue weighted by Crippen LogP contribution is -2.24. The minimum atomic E-state index is -3.17. The van der Waals surface area contributed by atoms with E-state index in [-0.39, 0.29) is 6.42 Å². The molecule has 0 spiro atoms. The van der Waals surface area contributed by atoms with Crippen molar-refractivity contribution in [2.45, 2.75) is 24.0 Å². The molecule has 1 rings (SSSR count).